The Morgan fingerprint density at radius 1 is 1.08 bits per heavy atom. The van der Waals surface area contributed by atoms with Crippen LogP contribution in [0.3, 0.4) is 0 Å². The lowest BCUT2D eigenvalue weighted by Crippen LogP contribution is -2.60. The molecule has 1 saturated heterocycles. The number of rotatable bonds is 4. The van der Waals surface area contributed by atoms with Crippen molar-refractivity contribution in [3.63, 3.8) is 0 Å². The molecule has 3 fully saturated rings. The van der Waals surface area contributed by atoms with E-state index in [1.807, 2.05) is 6.07 Å². The van der Waals surface area contributed by atoms with Gasteiger partial charge in [-0.2, -0.15) is 0 Å². The number of hydrogen-bond acceptors (Lipinski definition) is 3. The molecule has 2 aromatic rings. The summed E-state index contributed by atoms with van der Waals surface area (Å²) in [7, 11) is 0. The van der Waals surface area contributed by atoms with Gasteiger partial charge in [-0.05, 0) is 66.3 Å². The Hall–Kier alpha value is -1.95. The zero-order chi connectivity index (χ0) is 26.2. The van der Waals surface area contributed by atoms with Crippen LogP contribution in [-0.2, 0) is 15.0 Å². The second kappa shape index (κ2) is 8.79. The van der Waals surface area contributed by atoms with Crippen molar-refractivity contribution in [1.82, 2.24) is 5.32 Å². The molecule has 2 N–H and O–H groups in total. The molecule has 2 aliphatic carbocycles. The Morgan fingerprint density at radius 2 is 1.81 bits per heavy atom. The van der Waals surface area contributed by atoms with Gasteiger partial charge in [-0.25, -0.2) is 4.39 Å². The molecule has 3 atom stereocenters. The molecule has 2 spiro atoms. The van der Waals surface area contributed by atoms with Crippen LogP contribution in [0.15, 0.2) is 36.4 Å². The van der Waals surface area contributed by atoms with Gasteiger partial charge in [-0.1, -0.05) is 74.5 Å². The number of halogens is 3. The van der Waals surface area contributed by atoms with E-state index in [2.05, 4.69) is 24.5 Å². The van der Waals surface area contributed by atoms with Gasteiger partial charge < -0.3 is 5.32 Å². The molecule has 1 amide bonds. The summed E-state index contributed by atoms with van der Waals surface area (Å²) in [6.45, 7) is 4.45. The molecule has 6 rings (SSSR count). The van der Waals surface area contributed by atoms with Gasteiger partial charge in [0, 0.05) is 28.6 Å². The zero-order valence-electron chi connectivity index (χ0n) is 21.3. The van der Waals surface area contributed by atoms with E-state index < -0.39 is 28.7 Å². The molecular weight excluding hydrogens is 510 g/mol. The zero-order valence-corrected chi connectivity index (χ0v) is 22.8. The van der Waals surface area contributed by atoms with Gasteiger partial charge in [-0.15, -0.1) is 0 Å². The van der Waals surface area contributed by atoms with Crippen LogP contribution in [-0.4, -0.2) is 23.3 Å². The molecule has 0 radical (unpaired) electrons. The minimum atomic E-state index is -1.15. The van der Waals surface area contributed by atoms with E-state index in [0.29, 0.717) is 28.6 Å². The van der Waals surface area contributed by atoms with Crippen LogP contribution in [0.5, 0.6) is 0 Å². The number of ketones is 1. The third-order valence-electron chi connectivity index (χ3n) is 9.54. The second-order valence-corrected chi connectivity index (χ2v) is 13.3. The summed E-state index contributed by atoms with van der Waals surface area (Å²) in [6.07, 6.45) is 6.85. The Balaban J connectivity index is 1.55. The minimum Gasteiger partial charge on any atom is -0.325 e. The van der Waals surface area contributed by atoms with Crippen molar-refractivity contribution in [2.45, 2.75) is 88.1 Å². The summed E-state index contributed by atoms with van der Waals surface area (Å²) < 4.78 is 15.9. The predicted molar refractivity (Wildman–Crippen MR) is 145 cm³/mol. The maximum Gasteiger partial charge on any atom is 0.237 e. The fraction of sp³-hybridized carbons (Fsp3) is 0.533. The molecule has 196 valence electrons. The molecule has 4 nitrogen and oxygen atoms in total. The van der Waals surface area contributed by atoms with Crippen molar-refractivity contribution in [2.24, 2.45) is 11.3 Å². The Morgan fingerprint density at radius 3 is 2.51 bits per heavy atom. The summed E-state index contributed by atoms with van der Waals surface area (Å²) >= 11 is 12.6. The van der Waals surface area contributed by atoms with E-state index in [-0.39, 0.29) is 22.1 Å². The van der Waals surface area contributed by atoms with Crippen molar-refractivity contribution < 1.29 is 14.0 Å². The summed E-state index contributed by atoms with van der Waals surface area (Å²) in [5.74, 6) is -1.10. The molecule has 7 heteroatoms. The number of Topliss-reactive ketones (excluding diaryl/α,β-unsaturated/α-hetero) is 1. The van der Waals surface area contributed by atoms with Crippen LogP contribution < -0.4 is 10.6 Å². The number of nitrogens with one attached hydrogen (secondary N) is 2. The number of benzene rings is 2. The van der Waals surface area contributed by atoms with E-state index >= 15 is 4.39 Å². The smallest absolute Gasteiger partial charge is 0.237 e. The number of anilines is 1. The van der Waals surface area contributed by atoms with Gasteiger partial charge in [0.15, 0.2) is 5.78 Å². The standard InChI is InChI=1S/C30H33Cl2FN2O2/c1-28(2)15-17(16-28)13-23(36)26-24(19-7-6-8-21(32)25(19)33)30(29(35-26)11-4-3-5-12-29)20-10-9-18(31)14-22(20)34-27(30)37/h6-10,14,17,24,26,35H,3-5,11-13,15-16H2,1-2H3,(H,34,37)/t24-,26-,30+/m0/s1. The Bertz CT molecular complexity index is 1280. The van der Waals surface area contributed by atoms with E-state index in [1.54, 1.807) is 24.3 Å². The maximum atomic E-state index is 15.9. The highest BCUT2D eigenvalue weighted by Gasteiger charge is 2.72. The second-order valence-electron chi connectivity index (χ2n) is 12.4. The van der Waals surface area contributed by atoms with E-state index in [0.717, 1.165) is 50.5 Å². The van der Waals surface area contributed by atoms with E-state index in [1.165, 1.54) is 6.07 Å². The SMILES string of the molecule is CC1(C)CC(CC(=O)[C@@H]2NC3(CCCCC3)[C@@]3(C(=O)Nc4cc(Cl)ccc43)[C@H]2c2cccc(Cl)c2F)C1. The quantitative estimate of drug-likeness (QED) is 0.430. The molecule has 0 bridgehead atoms. The van der Waals surface area contributed by atoms with Gasteiger partial charge in [0.2, 0.25) is 5.91 Å². The van der Waals surface area contributed by atoms with Gasteiger partial charge in [0.05, 0.1) is 11.1 Å². The molecule has 0 aromatic heterocycles. The van der Waals surface area contributed by atoms with E-state index in [9.17, 15) is 9.59 Å². The molecule has 2 heterocycles. The summed E-state index contributed by atoms with van der Waals surface area (Å²) in [5.41, 5.74) is 0.187. The Kier molecular flexibility index (Phi) is 6.02. The maximum absolute atomic E-state index is 15.9. The highest BCUT2D eigenvalue weighted by atomic mass is 35.5. The monoisotopic (exact) mass is 542 g/mol. The molecule has 2 aliphatic heterocycles. The van der Waals surface area contributed by atoms with Crippen LogP contribution in [0.4, 0.5) is 10.1 Å². The first kappa shape index (κ1) is 25.3. The van der Waals surface area contributed by atoms with Gasteiger partial charge in [0.1, 0.15) is 11.2 Å². The molecular formula is C30H33Cl2FN2O2. The van der Waals surface area contributed by atoms with Crippen LogP contribution in [0, 0.1) is 17.2 Å². The van der Waals surface area contributed by atoms with Crippen molar-refractivity contribution in [2.75, 3.05) is 5.32 Å². The predicted octanol–water partition coefficient (Wildman–Crippen LogP) is 7.18. The molecule has 2 aromatic carbocycles. The largest absolute Gasteiger partial charge is 0.325 e. The lowest BCUT2D eigenvalue weighted by molar-refractivity contribution is -0.124. The average molecular weight is 544 g/mol. The summed E-state index contributed by atoms with van der Waals surface area (Å²) in [6, 6.07) is 9.68. The first-order valence-electron chi connectivity index (χ1n) is 13.4. The number of carbonyl (C=O) groups excluding carboxylic acids is 2. The van der Waals surface area contributed by atoms with Crippen LogP contribution in [0.25, 0.3) is 0 Å². The van der Waals surface area contributed by atoms with Gasteiger partial charge >= 0.3 is 0 Å². The number of fused-ring (bicyclic) bond motifs is 3. The van der Waals surface area contributed by atoms with Crippen LogP contribution in [0.1, 0.15) is 82.3 Å². The molecule has 37 heavy (non-hydrogen) atoms. The number of hydrogen-bond donors (Lipinski definition) is 2. The minimum absolute atomic E-state index is 0.001000. The first-order chi connectivity index (χ1) is 17.6. The third-order valence-corrected chi connectivity index (χ3v) is 10.1. The van der Waals surface area contributed by atoms with Crippen molar-refractivity contribution in [1.29, 1.82) is 0 Å². The molecule has 2 saturated carbocycles. The highest BCUT2D eigenvalue weighted by molar-refractivity contribution is 6.31. The third kappa shape index (κ3) is 3.71. The van der Waals surface area contributed by atoms with Gasteiger partial charge in [0.25, 0.3) is 0 Å². The lowest BCUT2D eigenvalue weighted by Gasteiger charge is -2.47. The van der Waals surface area contributed by atoms with Crippen molar-refractivity contribution in [3.8, 4) is 0 Å². The normalized spacial score (nSPS) is 29.8. The number of amides is 1. The topological polar surface area (TPSA) is 58.2 Å². The summed E-state index contributed by atoms with van der Waals surface area (Å²) in [4.78, 5) is 28.4. The highest BCUT2D eigenvalue weighted by Crippen LogP contribution is 2.63. The van der Waals surface area contributed by atoms with Crippen molar-refractivity contribution >= 4 is 40.6 Å². The van der Waals surface area contributed by atoms with Crippen LogP contribution in [0.2, 0.25) is 10.0 Å². The first-order valence-corrected chi connectivity index (χ1v) is 14.2. The fourth-order valence-corrected chi connectivity index (χ4v) is 8.68. The van der Waals surface area contributed by atoms with Crippen molar-refractivity contribution in [3.05, 3.63) is 63.4 Å². The fourth-order valence-electron chi connectivity index (χ4n) is 8.33. The van der Waals surface area contributed by atoms with E-state index in [4.69, 9.17) is 23.2 Å². The number of carbonyl (C=O) groups is 2. The Labute approximate surface area is 227 Å². The average Bonchev–Trinajstić information content (AvgIpc) is 3.28. The lowest BCUT2D eigenvalue weighted by atomic mass is 9.55. The molecule has 4 aliphatic rings. The van der Waals surface area contributed by atoms with Gasteiger partial charge in [-0.3, -0.25) is 14.9 Å². The summed E-state index contributed by atoms with van der Waals surface area (Å²) in [5, 5.41) is 7.34. The van der Waals surface area contributed by atoms with Crippen LogP contribution >= 0.6 is 23.2 Å². The molecule has 0 unspecified atom stereocenters.